The minimum Gasteiger partial charge on any atom is -0.352 e. The summed E-state index contributed by atoms with van der Waals surface area (Å²) >= 11 is 0. The lowest BCUT2D eigenvalue weighted by molar-refractivity contribution is -0.118. The molecule has 2 rings (SSSR count). The van der Waals surface area contributed by atoms with E-state index >= 15 is 0 Å². The fraction of sp³-hybridized carbons (Fsp3) is 0.625. The van der Waals surface area contributed by atoms with Crippen molar-refractivity contribution in [1.29, 1.82) is 0 Å². The monoisotopic (exact) mass is 275 g/mol. The Bertz CT molecular complexity index is 434. The Balaban J connectivity index is 2.19. The van der Waals surface area contributed by atoms with Crippen LogP contribution in [0.4, 0.5) is 5.82 Å². The Morgan fingerprint density at radius 3 is 2.50 bits per heavy atom. The van der Waals surface area contributed by atoms with Crippen molar-refractivity contribution in [2.24, 2.45) is 0 Å². The van der Waals surface area contributed by atoms with Crippen LogP contribution < -0.4 is 4.90 Å². The summed E-state index contributed by atoms with van der Waals surface area (Å²) in [5, 5.41) is 0. The number of pyridine rings is 1. The fourth-order valence-electron chi connectivity index (χ4n) is 3.15. The van der Waals surface area contributed by atoms with E-state index in [4.69, 9.17) is 0 Å². The van der Waals surface area contributed by atoms with E-state index in [1.54, 1.807) is 0 Å². The Labute approximate surface area is 121 Å². The van der Waals surface area contributed by atoms with Crippen LogP contribution >= 0.6 is 0 Å². The van der Waals surface area contributed by atoms with Crippen molar-refractivity contribution >= 4 is 12.2 Å². The highest BCUT2D eigenvalue weighted by Crippen LogP contribution is 2.31. The van der Waals surface area contributed by atoms with Crippen molar-refractivity contribution in [2.45, 2.75) is 58.7 Å². The van der Waals surface area contributed by atoms with E-state index in [0.29, 0.717) is 12.1 Å². The summed E-state index contributed by atoms with van der Waals surface area (Å²) in [5.41, 5.74) is 1.14. The molecule has 0 spiro atoms. The van der Waals surface area contributed by atoms with Crippen LogP contribution in [0.15, 0.2) is 18.3 Å². The topological polar surface area (TPSA) is 36.4 Å². The van der Waals surface area contributed by atoms with Gasteiger partial charge in [0.1, 0.15) is 5.82 Å². The van der Waals surface area contributed by atoms with E-state index in [9.17, 15) is 4.79 Å². The number of anilines is 1. The van der Waals surface area contributed by atoms with Crippen LogP contribution in [0.3, 0.4) is 0 Å². The Kier molecular flexibility index (Phi) is 4.63. The van der Waals surface area contributed by atoms with Gasteiger partial charge in [-0.1, -0.05) is 6.07 Å². The molecule has 0 N–H and O–H groups in total. The molecule has 1 saturated heterocycles. The van der Waals surface area contributed by atoms with Crippen LogP contribution in [0.5, 0.6) is 0 Å². The molecule has 0 bridgehead atoms. The summed E-state index contributed by atoms with van der Waals surface area (Å²) in [6.07, 6.45) is 5.01. The molecule has 1 fully saturated rings. The predicted molar refractivity (Wildman–Crippen MR) is 81.7 cm³/mol. The van der Waals surface area contributed by atoms with Gasteiger partial charge in [0, 0.05) is 24.8 Å². The van der Waals surface area contributed by atoms with Crippen molar-refractivity contribution in [3.8, 4) is 0 Å². The Morgan fingerprint density at radius 1 is 1.30 bits per heavy atom. The van der Waals surface area contributed by atoms with Gasteiger partial charge >= 0.3 is 0 Å². The molecule has 0 aliphatic carbocycles. The second-order valence-corrected chi connectivity index (χ2v) is 6.05. The standard InChI is InChI=1S/C16H25N3O/c1-12(2)19(13(3)4)16-8-7-14(10-17-16)15-6-5-9-18(15)11-20/h7-8,10-13,15H,5-6,9H2,1-4H3. The van der Waals surface area contributed by atoms with Gasteiger partial charge in [-0.05, 0) is 52.2 Å². The SMILES string of the molecule is CC(C)N(c1ccc(C2CCCN2C=O)cn1)C(C)C. The summed E-state index contributed by atoms with van der Waals surface area (Å²) in [6.45, 7) is 9.59. The molecule has 4 nitrogen and oxygen atoms in total. The lowest BCUT2D eigenvalue weighted by Gasteiger charge is -2.32. The highest BCUT2D eigenvalue weighted by molar-refractivity contribution is 5.50. The lowest BCUT2D eigenvalue weighted by Crippen LogP contribution is -2.37. The van der Waals surface area contributed by atoms with Crippen LogP contribution in [0.2, 0.25) is 0 Å². The van der Waals surface area contributed by atoms with Gasteiger partial charge in [0.15, 0.2) is 0 Å². The molecule has 1 aliphatic rings. The summed E-state index contributed by atoms with van der Waals surface area (Å²) < 4.78 is 0. The molecular weight excluding hydrogens is 250 g/mol. The number of likely N-dealkylation sites (tertiary alicyclic amines) is 1. The maximum atomic E-state index is 11.0. The molecule has 4 heteroatoms. The lowest BCUT2D eigenvalue weighted by atomic mass is 10.1. The largest absolute Gasteiger partial charge is 0.352 e. The van der Waals surface area contributed by atoms with Crippen LogP contribution in [-0.2, 0) is 4.79 Å². The normalized spacial score (nSPS) is 18.9. The molecule has 1 unspecified atom stereocenters. The molecule has 1 aromatic rings. The van der Waals surface area contributed by atoms with E-state index in [1.165, 1.54) is 0 Å². The third kappa shape index (κ3) is 2.94. The zero-order chi connectivity index (χ0) is 14.7. The summed E-state index contributed by atoms with van der Waals surface area (Å²) in [7, 11) is 0. The van der Waals surface area contributed by atoms with Gasteiger partial charge in [0.2, 0.25) is 6.41 Å². The average molecular weight is 275 g/mol. The minimum atomic E-state index is 0.209. The molecule has 2 heterocycles. The number of aromatic nitrogens is 1. The highest BCUT2D eigenvalue weighted by Gasteiger charge is 2.25. The smallest absolute Gasteiger partial charge is 0.210 e. The molecule has 1 aromatic heterocycles. The molecule has 1 atom stereocenters. The van der Waals surface area contributed by atoms with Gasteiger partial charge in [-0.2, -0.15) is 0 Å². The van der Waals surface area contributed by atoms with Crippen LogP contribution in [0.1, 0.15) is 52.1 Å². The van der Waals surface area contributed by atoms with Crippen LogP contribution in [0, 0.1) is 0 Å². The van der Waals surface area contributed by atoms with E-state index in [2.05, 4.69) is 49.7 Å². The first-order valence-corrected chi connectivity index (χ1v) is 7.50. The molecule has 0 saturated carbocycles. The van der Waals surface area contributed by atoms with Gasteiger partial charge in [0.25, 0.3) is 0 Å². The van der Waals surface area contributed by atoms with E-state index in [1.807, 2.05) is 11.1 Å². The molecule has 0 aromatic carbocycles. The van der Waals surface area contributed by atoms with Crippen LogP contribution in [-0.4, -0.2) is 34.9 Å². The second kappa shape index (κ2) is 6.25. The number of carbonyl (C=O) groups is 1. The van der Waals surface area contributed by atoms with Crippen molar-refractivity contribution in [3.05, 3.63) is 23.9 Å². The maximum absolute atomic E-state index is 11.0. The van der Waals surface area contributed by atoms with E-state index in [0.717, 1.165) is 37.2 Å². The second-order valence-electron chi connectivity index (χ2n) is 6.05. The van der Waals surface area contributed by atoms with Gasteiger partial charge in [-0.15, -0.1) is 0 Å². The number of rotatable bonds is 5. The van der Waals surface area contributed by atoms with Crippen molar-refractivity contribution < 1.29 is 4.79 Å². The van der Waals surface area contributed by atoms with Gasteiger partial charge in [0.05, 0.1) is 6.04 Å². The Morgan fingerprint density at radius 2 is 2.00 bits per heavy atom. The zero-order valence-electron chi connectivity index (χ0n) is 12.9. The first kappa shape index (κ1) is 14.8. The Hall–Kier alpha value is -1.58. The zero-order valence-corrected chi connectivity index (χ0v) is 12.9. The molecular formula is C16H25N3O. The molecule has 20 heavy (non-hydrogen) atoms. The summed E-state index contributed by atoms with van der Waals surface area (Å²) in [4.78, 5) is 19.8. The predicted octanol–water partition coefficient (Wildman–Crippen LogP) is 3.00. The number of hydrogen-bond donors (Lipinski definition) is 0. The third-order valence-electron chi connectivity index (χ3n) is 3.96. The van der Waals surface area contributed by atoms with Crippen molar-refractivity contribution in [1.82, 2.24) is 9.88 Å². The van der Waals surface area contributed by atoms with E-state index < -0.39 is 0 Å². The van der Waals surface area contributed by atoms with Gasteiger partial charge < -0.3 is 9.80 Å². The molecule has 1 aliphatic heterocycles. The number of nitrogens with zero attached hydrogens (tertiary/aromatic N) is 3. The summed E-state index contributed by atoms with van der Waals surface area (Å²) in [6, 6.07) is 5.25. The van der Waals surface area contributed by atoms with Crippen molar-refractivity contribution in [2.75, 3.05) is 11.4 Å². The number of carbonyl (C=O) groups excluding carboxylic acids is 1. The maximum Gasteiger partial charge on any atom is 0.210 e. The summed E-state index contributed by atoms with van der Waals surface area (Å²) in [5.74, 6) is 1.01. The van der Waals surface area contributed by atoms with Crippen molar-refractivity contribution in [3.63, 3.8) is 0 Å². The number of hydrogen-bond acceptors (Lipinski definition) is 3. The molecule has 110 valence electrons. The first-order valence-electron chi connectivity index (χ1n) is 7.50. The van der Waals surface area contributed by atoms with Gasteiger partial charge in [-0.25, -0.2) is 4.98 Å². The third-order valence-corrected chi connectivity index (χ3v) is 3.96. The van der Waals surface area contributed by atoms with Crippen LogP contribution in [0.25, 0.3) is 0 Å². The highest BCUT2D eigenvalue weighted by atomic mass is 16.1. The quantitative estimate of drug-likeness (QED) is 0.775. The molecule has 1 amide bonds. The van der Waals surface area contributed by atoms with Gasteiger partial charge in [-0.3, -0.25) is 4.79 Å². The average Bonchev–Trinajstić information content (AvgIpc) is 2.87. The van der Waals surface area contributed by atoms with E-state index in [-0.39, 0.29) is 6.04 Å². The minimum absolute atomic E-state index is 0.209. The first-order chi connectivity index (χ1) is 9.54. The number of amides is 1. The fourth-order valence-corrected chi connectivity index (χ4v) is 3.15. The molecule has 0 radical (unpaired) electrons.